The highest BCUT2D eigenvalue weighted by Crippen LogP contribution is 2.22. The van der Waals surface area contributed by atoms with Crippen LogP contribution in [0.4, 0.5) is 5.69 Å². The molecule has 24 heavy (non-hydrogen) atoms. The van der Waals surface area contributed by atoms with Gasteiger partial charge >= 0.3 is 5.97 Å². The van der Waals surface area contributed by atoms with E-state index in [-0.39, 0.29) is 11.9 Å². The summed E-state index contributed by atoms with van der Waals surface area (Å²) in [6.07, 6.45) is 4.10. The number of amides is 1. The van der Waals surface area contributed by atoms with Crippen molar-refractivity contribution in [1.29, 1.82) is 0 Å². The van der Waals surface area contributed by atoms with Gasteiger partial charge in [0.25, 0.3) is 0 Å². The molecule has 1 heterocycles. The van der Waals surface area contributed by atoms with E-state index in [9.17, 15) is 9.59 Å². The molecular weight excluding hydrogens is 306 g/mol. The molecule has 2 rings (SSSR count). The van der Waals surface area contributed by atoms with Gasteiger partial charge in [0.15, 0.2) is 0 Å². The zero-order valence-electron chi connectivity index (χ0n) is 14.1. The van der Waals surface area contributed by atoms with Gasteiger partial charge in [0.1, 0.15) is 5.54 Å². The number of anilines is 1. The summed E-state index contributed by atoms with van der Waals surface area (Å²) in [6.45, 7) is 5.71. The lowest BCUT2D eigenvalue weighted by atomic mass is 9.86. The summed E-state index contributed by atoms with van der Waals surface area (Å²) >= 11 is 0. The van der Waals surface area contributed by atoms with Gasteiger partial charge in [0, 0.05) is 17.8 Å². The molecule has 0 radical (unpaired) electrons. The molecule has 0 spiro atoms. The van der Waals surface area contributed by atoms with E-state index in [0.717, 1.165) is 37.6 Å². The zero-order chi connectivity index (χ0) is 17.6. The fourth-order valence-electron chi connectivity index (χ4n) is 2.94. The lowest BCUT2D eigenvalue weighted by molar-refractivity contribution is -0.131. The number of carbonyl (C=O) groups excluding carboxylic acids is 1. The second-order valence-corrected chi connectivity index (χ2v) is 6.38. The van der Waals surface area contributed by atoms with Crippen LogP contribution in [0.25, 0.3) is 6.08 Å². The average molecular weight is 331 g/mol. The standard InChI is InChI=1S/C18H25N3O3/c1-13(2)21-18(9-11-19-12-10-18)17(24)20-15-6-3-14(4-7-15)5-8-16(22)23/h3-8,13,19,21H,9-12H2,1-2H3,(H,20,24)(H,22,23)/b8-5+. The molecule has 4 N–H and O–H groups in total. The molecule has 6 heteroatoms. The number of carboxylic acids is 1. The highest BCUT2D eigenvalue weighted by molar-refractivity contribution is 5.98. The Morgan fingerprint density at radius 1 is 1.21 bits per heavy atom. The van der Waals surface area contributed by atoms with Crippen molar-refractivity contribution in [3.05, 3.63) is 35.9 Å². The molecule has 1 aromatic rings. The molecule has 0 unspecified atom stereocenters. The third-order valence-corrected chi connectivity index (χ3v) is 4.04. The SMILES string of the molecule is CC(C)NC1(C(=O)Nc2ccc(/C=C/C(=O)O)cc2)CCNCC1. The fourth-order valence-corrected chi connectivity index (χ4v) is 2.94. The van der Waals surface area contributed by atoms with Crippen LogP contribution in [0.3, 0.4) is 0 Å². The van der Waals surface area contributed by atoms with Crippen LogP contribution in [-0.2, 0) is 9.59 Å². The summed E-state index contributed by atoms with van der Waals surface area (Å²) in [5.74, 6) is -1.01. The quantitative estimate of drug-likeness (QED) is 0.597. The number of rotatable bonds is 6. The van der Waals surface area contributed by atoms with Crippen molar-refractivity contribution in [2.45, 2.75) is 38.3 Å². The highest BCUT2D eigenvalue weighted by atomic mass is 16.4. The number of piperidine rings is 1. The number of carboxylic acid groups (broad SMARTS) is 1. The molecule has 0 saturated carbocycles. The maximum atomic E-state index is 12.8. The van der Waals surface area contributed by atoms with Gasteiger partial charge in [-0.05, 0) is 63.6 Å². The smallest absolute Gasteiger partial charge is 0.328 e. The topological polar surface area (TPSA) is 90.5 Å². The van der Waals surface area contributed by atoms with Gasteiger partial charge in [-0.15, -0.1) is 0 Å². The van der Waals surface area contributed by atoms with Crippen LogP contribution in [0.5, 0.6) is 0 Å². The number of nitrogens with one attached hydrogen (secondary N) is 3. The Hall–Kier alpha value is -2.18. The fraction of sp³-hybridized carbons (Fsp3) is 0.444. The lowest BCUT2D eigenvalue weighted by Crippen LogP contribution is -2.61. The second kappa shape index (κ2) is 8.08. The van der Waals surface area contributed by atoms with Crippen LogP contribution < -0.4 is 16.0 Å². The Morgan fingerprint density at radius 3 is 2.38 bits per heavy atom. The molecule has 1 aromatic carbocycles. The zero-order valence-corrected chi connectivity index (χ0v) is 14.1. The molecule has 1 aliphatic rings. The number of benzene rings is 1. The largest absolute Gasteiger partial charge is 0.478 e. The Bertz CT molecular complexity index is 602. The lowest BCUT2D eigenvalue weighted by Gasteiger charge is -2.38. The number of aliphatic carboxylic acids is 1. The molecule has 1 saturated heterocycles. The first-order valence-corrected chi connectivity index (χ1v) is 8.22. The van der Waals surface area contributed by atoms with Crippen molar-refractivity contribution in [2.75, 3.05) is 18.4 Å². The van der Waals surface area contributed by atoms with Crippen LogP contribution in [0.15, 0.2) is 30.3 Å². The molecule has 1 amide bonds. The van der Waals surface area contributed by atoms with E-state index in [2.05, 4.69) is 16.0 Å². The Kier molecular flexibility index (Phi) is 6.11. The van der Waals surface area contributed by atoms with Crippen LogP contribution in [0, 0.1) is 0 Å². The maximum Gasteiger partial charge on any atom is 0.328 e. The van der Waals surface area contributed by atoms with Crippen molar-refractivity contribution < 1.29 is 14.7 Å². The summed E-state index contributed by atoms with van der Waals surface area (Å²) in [6, 6.07) is 7.34. The van der Waals surface area contributed by atoms with Crippen LogP contribution in [0.2, 0.25) is 0 Å². The minimum atomic E-state index is -0.986. The molecule has 1 fully saturated rings. The van der Waals surface area contributed by atoms with E-state index in [4.69, 9.17) is 5.11 Å². The van der Waals surface area contributed by atoms with Crippen LogP contribution >= 0.6 is 0 Å². The van der Waals surface area contributed by atoms with Crippen molar-refractivity contribution in [1.82, 2.24) is 10.6 Å². The predicted octanol–water partition coefficient (Wildman–Crippen LogP) is 1.84. The molecule has 0 aliphatic carbocycles. The first kappa shape index (κ1) is 18.2. The molecule has 0 aromatic heterocycles. The van der Waals surface area contributed by atoms with Gasteiger partial charge in [-0.25, -0.2) is 4.79 Å². The molecule has 1 aliphatic heterocycles. The van der Waals surface area contributed by atoms with E-state index in [1.807, 2.05) is 13.8 Å². The van der Waals surface area contributed by atoms with Crippen molar-refractivity contribution >= 4 is 23.6 Å². The number of carbonyl (C=O) groups is 2. The summed E-state index contributed by atoms with van der Waals surface area (Å²) in [7, 11) is 0. The average Bonchev–Trinajstić information content (AvgIpc) is 2.54. The van der Waals surface area contributed by atoms with Gasteiger partial charge in [-0.3, -0.25) is 4.79 Å². The maximum absolute atomic E-state index is 12.8. The first-order chi connectivity index (χ1) is 11.4. The minimum absolute atomic E-state index is 0.0217. The van der Waals surface area contributed by atoms with E-state index < -0.39 is 11.5 Å². The minimum Gasteiger partial charge on any atom is -0.478 e. The molecule has 6 nitrogen and oxygen atoms in total. The number of hydrogen-bond acceptors (Lipinski definition) is 4. The summed E-state index contributed by atoms with van der Waals surface area (Å²) < 4.78 is 0. The van der Waals surface area contributed by atoms with Crippen molar-refractivity contribution in [2.24, 2.45) is 0 Å². The van der Waals surface area contributed by atoms with E-state index in [0.29, 0.717) is 5.69 Å². The highest BCUT2D eigenvalue weighted by Gasteiger charge is 2.39. The summed E-state index contributed by atoms with van der Waals surface area (Å²) in [5.41, 5.74) is 0.921. The number of hydrogen-bond donors (Lipinski definition) is 4. The van der Waals surface area contributed by atoms with E-state index in [1.54, 1.807) is 24.3 Å². The second-order valence-electron chi connectivity index (χ2n) is 6.38. The normalized spacial score (nSPS) is 17.1. The molecule has 130 valence electrons. The third kappa shape index (κ3) is 4.91. The Morgan fingerprint density at radius 2 is 1.83 bits per heavy atom. The Balaban J connectivity index is 2.07. The van der Waals surface area contributed by atoms with Crippen molar-refractivity contribution in [3.63, 3.8) is 0 Å². The van der Waals surface area contributed by atoms with Crippen LogP contribution in [-0.4, -0.2) is 41.7 Å². The van der Waals surface area contributed by atoms with Gasteiger partial charge < -0.3 is 21.1 Å². The molecule has 0 atom stereocenters. The van der Waals surface area contributed by atoms with Gasteiger partial charge in [-0.2, -0.15) is 0 Å². The van der Waals surface area contributed by atoms with E-state index in [1.165, 1.54) is 6.08 Å². The molecular formula is C18H25N3O3. The Labute approximate surface area is 142 Å². The van der Waals surface area contributed by atoms with E-state index >= 15 is 0 Å². The summed E-state index contributed by atoms with van der Waals surface area (Å²) in [5, 5.41) is 18.3. The van der Waals surface area contributed by atoms with Crippen molar-refractivity contribution in [3.8, 4) is 0 Å². The summed E-state index contributed by atoms with van der Waals surface area (Å²) in [4.78, 5) is 23.4. The monoisotopic (exact) mass is 331 g/mol. The van der Waals surface area contributed by atoms with Crippen LogP contribution in [0.1, 0.15) is 32.3 Å². The van der Waals surface area contributed by atoms with Gasteiger partial charge in [-0.1, -0.05) is 12.1 Å². The predicted molar refractivity (Wildman–Crippen MR) is 94.8 cm³/mol. The van der Waals surface area contributed by atoms with Gasteiger partial charge in [0.2, 0.25) is 5.91 Å². The first-order valence-electron chi connectivity index (χ1n) is 8.22. The third-order valence-electron chi connectivity index (χ3n) is 4.04. The van der Waals surface area contributed by atoms with Gasteiger partial charge in [0.05, 0.1) is 0 Å². The molecule has 0 bridgehead atoms.